The van der Waals surface area contributed by atoms with Crippen LogP contribution >= 0.6 is 11.6 Å². The van der Waals surface area contributed by atoms with Crippen molar-refractivity contribution in [1.29, 1.82) is 0 Å². The number of amides is 23. The van der Waals surface area contributed by atoms with Gasteiger partial charge < -0.3 is 148 Å². The number of nitrogens with zero attached hydrogens (tertiary/aromatic N) is 2. The number of benzene rings is 2. The van der Waals surface area contributed by atoms with Crippen LogP contribution in [0.15, 0.2) is 91.6 Å². The summed E-state index contributed by atoms with van der Waals surface area (Å²) in [5.74, 6) is -24.2. The Morgan fingerprint density at radius 2 is 1.01 bits per heavy atom. The summed E-state index contributed by atoms with van der Waals surface area (Å²) in [5, 5.41) is 78.7. The number of hydrogen-bond acceptors (Lipinski definition) is 28. The first-order chi connectivity index (χ1) is 66.6. The van der Waals surface area contributed by atoms with Crippen LogP contribution < -0.4 is 118 Å². The van der Waals surface area contributed by atoms with Crippen LogP contribution in [0.5, 0.6) is 0 Å². The van der Waals surface area contributed by atoms with Gasteiger partial charge in [0.05, 0.1) is 121 Å². The van der Waals surface area contributed by atoms with Crippen molar-refractivity contribution in [2.45, 2.75) is 174 Å². The molecule has 2 aromatic carbocycles. The molecule has 0 aliphatic carbocycles. The molecule has 0 radical (unpaired) electrons. The minimum absolute atomic E-state index is 0.00322. The van der Waals surface area contributed by atoms with Crippen molar-refractivity contribution in [3.63, 3.8) is 0 Å². The maximum atomic E-state index is 14.0. The van der Waals surface area contributed by atoms with Crippen LogP contribution in [0.1, 0.15) is 106 Å². The lowest BCUT2D eigenvalue weighted by molar-refractivity contribution is -0.142. The van der Waals surface area contributed by atoms with E-state index >= 15 is 0 Å². The van der Waals surface area contributed by atoms with E-state index < -0.39 is 318 Å². The predicted molar refractivity (Wildman–Crippen MR) is 501 cm³/mol. The van der Waals surface area contributed by atoms with E-state index in [1.54, 1.807) is 82.4 Å². The van der Waals surface area contributed by atoms with Crippen molar-refractivity contribution in [1.82, 2.24) is 121 Å². The van der Waals surface area contributed by atoms with E-state index in [1.165, 1.54) is 19.9 Å². The van der Waals surface area contributed by atoms with Crippen LogP contribution in [0.25, 0.3) is 10.9 Å². The Kier molecular flexibility index (Phi) is 50.1. The standard InChI is InChI=1S/C86H120ClN25O27.C2H6/c1-10-53(108-85(138)73(89)43(5)6)79(132)99-38-70(125)106-57(24-48-28-91-54-20-19-49(87)25-52(48)54)83(136)105-45(8)77(130)109-55(22-42(3)4)80(133)98-33-67(122)96-39-71(126)111-21-15-18-59(111)84(137)101-34-65(120)92-29-50(114)26-51(46(9)113)78(131)103-40-72(127)112-41-60(115)75(128)74(112)86(139)102-35-66(121)94-30-63(118)93-31-64(119)95-36-69(124)107-58(27-61(88)116)82(135)100-37-68(123)104-44(7)76(129)110-56(23-47-16-13-12-14-17-47)81(134)97-32-62(117)90-11-2;1-2/h10-14,16-17,19-20,25,28,42-44,46,51,55-60,73-75,91,113,115,128H,2,8,15,18,21-24,26-27,29-41,89H2,1,3-7,9H3,(H2,88,116)(H,90,117)(H,92,120)(H,93,118)(H,94,121)(H,95,119)(H,96,122)(H,97,134)(H,98,133)(H,99,132)(H,100,135)(H,101,137)(H,102,139)(H,103,131)(H,104,123)(H,105,136)(H,106,125)(H,107,124)(H,108,138)(H,109,130)(H,110,129);1-2H3/b53-10+;. The molecule has 5 rings (SSSR count). The third-order valence-electron chi connectivity index (χ3n) is 21.0. The third-order valence-corrected chi connectivity index (χ3v) is 21.2. The number of ketones is 1. The molecule has 52 nitrogen and oxygen atoms in total. The molecule has 0 bridgehead atoms. The number of hydrogen-bond donors (Lipinski definition) is 26. The van der Waals surface area contributed by atoms with Gasteiger partial charge >= 0.3 is 0 Å². The number of halogens is 1. The fourth-order valence-corrected chi connectivity index (χ4v) is 13.6. The molecule has 3 aromatic rings. The number of nitrogens with one attached hydrogen (secondary N) is 21. The van der Waals surface area contributed by atoms with E-state index in [1.807, 2.05) is 13.8 Å². The van der Waals surface area contributed by atoms with Gasteiger partial charge in [-0.1, -0.05) is 103 Å². The van der Waals surface area contributed by atoms with Crippen LogP contribution in [-0.4, -0.2) is 330 Å². The van der Waals surface area contributed by atoms with Gasteiger partial charge in [-0.25, -0.2) is 0 Å². The summed E-state index contributed by atoms with van der Waals surface area (Å²) in [6.07, 6.45) is -2.56. The maximum Gasteiger partial charge on any atom is 0.267 e. The molecule has 23 amide bonds. The zero-order valence-electron chi connectivity index (χ0n) is 79.3. The van der Waals surface area contributed by atoms with Crippen LogP contribution in [-0.2, 0) is 128 Å². The van der Waals surface area contributed by atoms with E-state index in [2.05, 4.69) is 124 Å². The van der Waals surface area contributed by atoms with Crippen LogP contribution in [0, 0.1) is 17.8 Å². The Hall–Kier alpha value is -15.2. The maximum absolute atomic E-state index is 14.0. The number of primary amides is 1. The quantitative estimate of drug-likeness (QED) is 0.0233. The number of rotatable bonds is 55. The molecule has 3 heterocycles. The van der Waals surface area contributed by atoms with E-state index in [4.69, 9.17) is 23.1 Å². The molecule has 28 N–H and O–H groups in total. The predicted octanol–water partition coefficient (Wildman–Crippen LogP) is -10.8. The van der Waals surface area contributed by atoms with Crippen molar-refractivity contribution >= 4 is 164 Å². The number of fused-ring (bicyclic) bond motifs is 1. The Bertz CT molecular complexity index is 5110. The number of carbonyl (C=O) groups is 24. The summed E-state index contributed by atoms with van der Waals surface area (Å²) < 4.78 is 0. The van der Waals surface area contributed by atoms with E-state index in [0.717, 1.165) is 18.0 Å². The van der Waals surface area contributed by atoms with Crippen LogP contribution in [0.4, 0.5) is 0 Å². The van der Waals surface area contributed by atoms with Crippen LogP contribution in [0.3, 0.4) is 0 Å². The fourth-order valence-electron chi connectivity index (χ4n) is 13.5. The number of allylic oxidation sites excluding steroid dienone is 1. The van der Waals surface area contributed by atoms with Gasteiger partial charge in [0, 0.05) is 47.9 Å². The number of aliphatic hydroxyl groups is 3. The molecular weight excluding hydrogens is 1870 g/mol. The Balaban J connectivity index is 0.0000206. The number of Topliss-reactive ketones (excluding diaryl/α,β-unsaturated/α-hetero) is 1. The lowest BCUT2D eigenvalue weighted by atomic mass is 9.96. The second-order valence-corrected chi connectivity index (χ2v) is 33.2. The first-order valence-electron chi connectivity index (χ1n) is 44.7. The van der Waals surface area contributed by atoms with E-state index in [0.29, 0.717) is 38.4 Å². The number of β-amino-alcohol motifs (C(OH)–C–C–N with tert-alkyl or cyclic N) is 1. The Labute approximate surface area is 814 Å². The number of aliphatic hydroxyl groups excluding tert-OH is 3. The highest BCUT2D eigenvalue weighted by Gasteiger charge is 2.47. The molecule has 12 unspecified atom stereocenters. The van der Waals surface area contributed by atoms with Gasteiger partial charge in [0.15, 0.2) is 5.78 Å². The first-order valence-corrected chi connectivity index (χ1v) is 45.1. The molecule has 53 heteroatoms. The zero-order valence-corrected chi connectivity index (χ0v) is 80.0. The van der Waals surface area contributed by atoms with E-state index in [-0.39, 0.29) is 49.8 Å². The molecule has 141 heavy (non-hydrogen) atoms. The molecule has 1 aromatic heterocycles. The average Bonchev–Trinajstić information content (AvgIpc) is 1.62. The summed E-state index contributed by atoms with van der Waals surface area (Å²) in [6, 6.07) is 2.50. The summed E-state index contributed by atoms with van der Waals surface area (Å²) in [6.45, 7) is 12.0. The van der Waals surface area contributed by atoms with Crippen molar-refractivity contribution in [3.8, 4) is 0 Å². The van der Waals surface area contributed by atoms with Gasteiger partial charge in [-0.15, -0.1) is 0 Å². The molecular formula is C88H126ClN25O27. The topological polar surface area (TPSA) is 785 Å². The minimum Gasteiger partial charge on any atom is -0.393 e. The van der Waals surface area contributed by atoms with Crippen molar-refractivity contribution in [2.24, 2.45) is 29.2 Å². The monoisotopic (exact) mass is 2000 g/mol. The number of aromatic amines is 1. The summed E-state index contributed by atoms with van der Waals surface area (Å²) in [5.41, 5.74) is 12.2. The summed E-state index contributed by atoms with van der Waals surface area (Å²) in [4.78, 5) is 317. The number of likely N-dealkylation sites (tertiary alicyclic amines) is 2. The molecule has 2 aliphatic heterocycles. The third kappa shape index (κ3) is 41.2. The SMILES string of the molecule is C=CNC(=O)CNC(=O)C(Cc1ccccc1)NC(=O)C(C)NC(=O)CNC(=O)C(CC(N)=O)NC(=O)CNC(=O)CNC(=O)CNC(=O)CNC(=O)C1C(O)C(O)CN1C(=O)CNC(=O)C(CC(=O)CNC(=O)CNC(=O)C1CCCN1C(=O)CNC(=O)CNC(=O)C(CC(C)C)NC(=O)C(=C)NC(=O)C(Cc1c[nH]c2ccc(Cl)cc12)NC(=O)CNC(=O)/C(=C\C)NC(=O)C(N)C(C)C)C(C)O.CC. The van der Waals surface area contributed by atoms with Gasteiger partial charge in [-0.3, -0.25) is 115 Å². The average molecular weight is 2000 g/mol. The van der Waals surface area contributed by atoms with Crippen molar-refractivity contribution < 1.29 is 130 Å². The number of H-pyrrole nitrogens is 1. The molecule has 772 valence electrons. The highest BCUT2D eigenvalue weighted by Crippen LogP contribution is 2.25. The lowest BCUT2D eigenvalue weighted by Gasteiger charge is -2.26. The Morgan fingerprint density at radius 1 is 0.518 bits per heavy atom. The van der Waals surface area contributed by atoms with Gasteiger partial charge in [0.25, 0.3) is 11.8 Å². The molecule has 2 aliphatic rings. The van der Waals surface area contributed by atoms with Gasteiger partial charge in [-0.05, 0) is 87.4 Å². The smallest absolute Gasteiger partial charge is 0.267 e. The molecule has 2 saturated heterocycles. The first kappa shape index (κ1) is 118. The molecule has 0 spiro atoms. The number of aromatic nitrogens is 1. The zero-order chi connectivity index (χ0) is 106. The largest absolute Gasteiger partial charge is 0.393 e. The second kappa shape index (κ2) is 59.8. The second-order valence-electron chi connectivity index (χ2n) is 32.8. The number of carbonyl (C=O) groups excluding carboxylic acids is 24. The molecule has 12 atom stereocenters. The fraction of sp³-hybridized carbons (Fsp3) is 0.500. The highest BCUT2D eigenvalue weighted by molar-refractivity contribution is 6.31. The minimum atomic E-state index is -1.95. The normalized spacial score (nSPS) is 15.8. The van der Waals surface area contributed by atoms with Crippen molar-refractivity contribution in [3.05, 3.63) is 108 Å². The Morgan fingerprint density at radius 3 is 1.59 bits per heavy atom. The van der Waals surface area contributed by atoms with Crippen LogP contribution in [0.2, 0.25) is 5.02 Å². The summed E-state index contributed by atoms with van der Waals surface area (Å²) in [7, 11) is 0. The highest BCUT2D eigenvalue weighted by atomic mass is 35.5. The number of nitrogens with two attached hydrogens (primary N) is 2. The summed E-state index contributed by atoms with van der Waals surface area (Å²) >= 11 is 6.28. The van der Waals surface area contributed by atoms with E-state index in [9.17, 15) is 130 Å². The lowest BCUT2D eigenvalue weighted by Crippen LogP contribution is -2.56. The van der Waals surface area contributed by atoms with Crippen molar-refractivity contribution in [2.75, 3.05) is 91.6 Å². The van der Waals surface area contributed by atoms with Gasteiger partial charge in [-0.2, -0.15) is 0 Å². The molecule has 0 saturated carbocycles. The van der Waals surface area contributed by atoms with Gasteiger partial charge in [0.1, 0.15) is 54.1 Å². The van der Waals surface area contributed by atoms with Gasteiger partial charge in [0.2, 0.25) is 124 Å². The molecule has 2 fully saturated rings.